The van der Waals surface area contributed by atoms with Gasteiger partial charge >= 0.3 is 11.7 Å². The van der Waals surface area contributed by atoms with Crippen LogP contribution in [0.15, 0.2) is 11.1 Å². The zero-order valence-corrected chi connectivity index (χ0v) is 12.6. The molecular formula is C9H9IN6O4. The Hall–Kier alpha value is -2.05. The van der Waals surface area contributed by atoms with E-state index >= 15 is 0 Å². The number of fused-ring (bicyclic) bond motifs is 1. The van der Waals surface area contributed by atoms with E-state index < -0.39 is 21.1 Å². The molecule has 2 rings (SSSR count). The number of imidazole rings is 1. The van der Waals surface area contributed by atoms with Crippen molar-refractivity contribution in [3.05, 3.63) is 22.5 Å². The largest absolute Gasteiger partial charge is 0.467 e. The standard InChI is InChI=1S/C9H9IN6O4/c1-9(10,7(18)20-2)16-8(19)15-3-12-4(5(11)17)6(15)13-14-16/h3H,1-2H3,(H2,11,17)/t9-/m1/s1. The third-order valence-electron chi connectivity index (χ3n) is 2.55. The van der Waals surface area contributed by atoms with Crippen molar-refractivity contribution in [2.24, 2.45) is 5.73 Å². The lowest BCUT2D eigenvalue weighted by Gasteiger charge is -2.19. The SMILES string of the molecule is COC(=O)[C@](C)(I)n1nnc2c(C(N)=O)ncn2c1=O. The monoisotopic (exact) mass is 392 g/mol. The van der Waals surface area contributed by atoms with Crippen LogP contribution >= 0.6 is 22.6 Å². The van der Waals surface area contributed by atoms with Crippen molar-refractivity contribution in [1.29, 1.82) is 0 Å². The maximum absolute atomic E-state index is 12.3. The third-order valence-corrected chi connectivity index (χ3v) is 3.44. The molecule has 1 atom stereocenters. The number of aromatic nitrogens is 5. The van der Waals surface area contributed by atoms with Crippen molar-refractivity contribution in [2.45, 2.75) is 10.5 Å². The van der Waals surface area contributed by atoms with Gasteiger partial charge in [0.2, 0.25) is 3.55 Å². The average Bonchev–Trinajstić information content (AvgIpc) is 2.82. The minimum atomic E-state index is -1.39. The van der Waals surface area contributed by atoms with Crippen LogP contribution in [0.2, 0.25) is 0 Å². The first-order valence-electron chi connectivity index (χ1n) is 5.21. The number of methoxy groups -OCH3 is 1. The van der Waals surface area contributed by atoms with Crippen molar-refractivity contribution in [3.63, 3.8) is 0 Å². The number of alkyl halides is 1. The molecule has 2 aromatic rings. The summed E-state index contributed by atoms with van der Waals surface area (Å²) in [5, 5.41) is 7.35. The highest BCUT2D eigenvalue weighted by molar-refractivity contribution is 14.1. The van der Waals surface area contributed by atoms with Crippen molar-refractivity contribution in [1.82, 2.24) is 24.4 Å². The van der Waals surface area contributed by atoms with Gasteiger partial charge < -0.3 is 10.5 Å². The summed E-state index contributed by atoms with van der Waals surface area (Å²) in [5.41, 5.74) is 4.16. The molecule has 106 valence electrons. The summed E-state index contributed by atoms with van der Waals surface area (Å²) in [6.45, 7) is 1.44. The van der Waals surface area contributed by atoms with Gasteiger partial charge in [0.05, 0.1) is 7.11 Å². The molecule has 0 aliphatic heterocycles. The highest BCUT2D eigenvalue weighted by Gasteiger charge is 2.37. The fraction of sp³-hybridized carbons (Fsp3) is 0.333. The molecular weight excluding hydrogens is 383 g/mol. The first-order chi connectivity index (χ1) is 9.30. The van der Waals surface area contributed by atoms with Gasteiger partial charge in [-0.05, 0) is 29.5 Å². The molecule has 0 aliphatic carbocycles. The van der Waals surface area contributed by atoms with Gasteiger partial charge in [-0.2, -0.15) is 4.68 Å². The second kappa shape index (κ2) is 4.81. The van der Waals surface area contributed by atoms with Gasteiger partial charge in [-0.25, -0.2) is 19.0 Å². The van der Waals surface area contributed by atoms with E-state index in [1.165, 1.54) is 14.0 Å². The molecule has 11 heteroatoms. The summed E-state index contributed by atoms with van der Waals surface area (Å²) in [4.78, 5) is 38.7. The highest BCUT2D eigenvalue weighted by Crippen LogP contribution is 2.23. The summed E-state index contributed by atoms with van der Waals surface area (Å²) in [7, 11) is 1.19. The molecule has 2 heterocycles. The van der Waals surface area contributed by atoms with Crippen molar-refractivity contribution in [3.8, 4) is 0 Å². The number of rotatable bonds is 3. The highest BCUT2D eigenvalue weighted by atomic mass is 127. The van der Waals surface area contributed by atoms with Crippen LogP contribution in [0.3, 0.4) is 0 Å². The van der Waals surface area contributed by atoms with Gasteiger partial charge in [-0.15, -0.1) is 5.10 Å². The number of nitrogens with zero attached hydrogens (tertiary/aromatic N) is 5. The van der Waals surface area contributed by atoms with Crippen LogP contribution in [0.1, 0.15) is 17.4 Å². The van der Waals surface area contributed by atoms with E-state index in [1.54, 1.807) is 22.6 Å². The lowest BCUT2D eigenvalue weighted by Crippen LogP contribution is -2.45. The van der Waals surface area contributed by atoms with Crippen LogP contribution in [0.4, 0.5) is 0 Å². The van der Waals surface area contributed by atoms with Crippen LogP contribution in [-0.2, 0) is 13.1 Å². The number of primary amides is 1. The van der Waals surface area contributed by atoms with E-state index in [9.17, 15) is 14.4 Å². The zero-order valence-electron chi connectivity index (χ0n) is 10.4. The number of hydrogen-bond acceptors (Lipinski definition) is 7. The molecule has 0 unspecified atom stereocenters. The van der Waals surface area contributed by atoms with Crippen LogP contribution in [0, 0.1) is 0 Å². The Balaban J connectivity index is 2.71. The smallest absolute Gasteiger partial charge is 0.354 e. The van der Waals surface area contributed by atoms with Crippen molar-refractivity contribution in [2.75, 3.05) is 7.11 Å². The molecule has 2 N–H and O–H groups in total. The summed E-state index contributed by atoms with van der Waals surface area (Å²) >= 11 is 1.71. The summed E-state index contributed by atoms with van der Waals surface area (Å²) in [6.07, 6.45) is 1.09. The van der Waals surface area contributed by atoms with Gasteiger partial charge in [0.25, 0.3) is 5.91 Å². The first kappa shape index (κ1) is 14.4. The Morgan fingerprint density at radius 3 is 2.70 bits per heavy atom. The second-order valence-electron chi connectivity index (χ2n) is 3.88. The van der Waals surface area contributed by atoms with Crippen LogP contribution in [-0.4, -0.2) is 43.4 Å². The number of nitrogens with two attached hydrogens (primary N) is 1. The first-order valence-corrected chi connectivity index (χ1v) is 6.29. The molecule has 20 heavy (non-hydrogen) atoms. The molecule has 0 saturated heterocycles. The normalized spacial score (nSPS) is 13.9. The molecule has 2 aromatic heterocycles. The molecule has 0 aromatic carbocycles. The molecule has 0 bridgehead atoms. The van der Waals surface area contributed by atoms with Gasteiger partial charge in [0.15, 0.2) is 11.3 Å². The minimum Gasteiger partial charge on any atom is -0.467 e. The lowest BCUT2D eigenvalue weighted by atomic mass is 10.3. The van der Waals surface area contributed by atoms with E-state index in [0.717, 1.165) is 15.4 Å². The molecule has 10 nitrogen and oxygen atoms in total. The maximum atomic E-state index is 12.3. The maximum Gasteiger partial charge on any atom is 0.354 e. The third kappa shape index (κ3) is 2.03. The van der Waals surface area contributed by atoms with Crippen molar-refractivity contribution < 1.29 is 14.3 Å². The van der Waals surface area contributed by atoms with Gasteiger partial charge in [-0.1, -0.05) is 5.21 Å². The number of hydrogen-bond donors (Lipinski definition) is 1. The Labute approximate surface area is 125 Å². The predicted octanol–water partition coefficient (Wildman–Crippen LogP) is -1.33. The van der Waals surface area contributed by atoms with Crippen LogP contribution in [0.5, 0.6) is 0 Å². The topological polar surface area (TPSA) is 134 Å². The molecule has 0 spiro atoms. The van der Waals surface area contributed by atoms with Gasteiger partial charge in [0, 0.05) is 0 Å². The summed E-state index contributed by atoms with van der Waals surface area (Å²) in [6, 6.07) is 0. The average molecular weight is 392 g/mol. The van der Waals surface area contributed by atoms with Crippen LogP contribution < -0.4 is 11.4 Å². The van der Waals surface area contributed by atoms with E-state index in [-0.39, 0.29) is 11.3 Å². The second-order valence-corrected chi connectivity index (χ2v) is 5.98. The minimum absolute atomic E-state index is 0.0733. The Kier molecular flexibility index (Phi) is 3.45. The van der Waals surface area contributed by atoms with Gasteiger partial charge in [-0.3, -0.25) is 4.79 Å². The predicted molar refractivity (Wildman–Crippen MR) is 73.2 cm³/mol. The quantitative estimate of drug-likeness (QED) is 0.388. The number of esters is 1. The fourth-order valence-electron chi connectivity index (χ4n) is 1.52. The van der Waals surface area contributed by atoms with E-state index in [0.29, 0.717) is 0 Å². The number of carbonyl (C=O) groups is 2. The van der Waals surface area contributed by atoms with E-state index in [1.807, 2.05) is 0 Å². The number of amides is 1. The van der Waals surface area contributed by atoms with Crippen LogP contribution in [0.25, 0.3) is 5.65 Å². The number of ether oxygens (including phenoxy) is 1. The summed E-state index contributed by atoms with van der Waals surface area (Å²) in [5.74, 6) is -1.51. The Bertz CT molecular complexity index is 763. The van der Waals surface area contributed by atoms with E-state index in [2.05, 4.69) is 20.0 Å². The fourth-order valence-corrected chi connectivity index (χ4v) is 2.04. The number of halogens is 1. The Morgan fingerprint density at radius 2 is 2.15 bits per heavy atom. The van der Waals surface area contributed by atoms with E-state index in [4.69, 9.17) is 5.73 Å². The zero-order chi connectivity index (χ0) is 15.1. The van der Waals surface area contributed by atoms with Crippen molar-refractivity contribution >= 4 is 40.1 Å². The summed E-state index contributed by atoms with van der Waals surface area (Å²) < 4.78 is 5.03. The molecule has 0 saturated carbocycles. The number of carbonyl (C=O) groups excluding carboxylic acids is 2. The molecule has 1 amide bonds. The molecule has 0 aliphatic rings. The molecule has 0 fully saturated rings. The lowest BCUT2D eigenvalue weighted by molar-refractivity contribution is -0.145. The molecule has 0 radical (unpaired) electrons. The Morgan fingerprint density at radius 1 is 1.50 bits per heavy atom. The van der Waals surface area contributed by atoms with Gasteiger partial charge in [0.1, 0.15) is 6.33 Å².